The summed E-state index contributed by atoms with van der Waals surface area (Å²) in [6.07, 6.45) is 0.630. The Kier molecular flexibility index (Phi) is 5.93. The molecule has 0 saturated carbocycles. The Morgan fingerprint density at radius 3 is 2.50 bits per heavy atom. The summed E-state index contributed by atoms with van der Waals surface area (Å²) in [6, 6.07) is 6.15. The number of thiazole rings is 1. The zero-order valence-corrected chi connectivity index (χ0v) is 16.8. The third-order valence-corrected chi connectivity index (χ3v) is 5.21. The van der Waals surface area contributed by atoms with Gasteiger partial charge in [-0.1, -0.05) is 11.3 Å². The number of methoxy groups -OCH3 is 1. The number of ether oxygens (including phenoxy) is 1. The molecule has 1 aromatic carbocycles. The van der Waals surface area contributed by atoms with Crippen LogP contribution in [0, 0.1) is 0 Å². The van der Waals surface area contributed by atoms with Crippen molar-refractivity contribution in [2.75, 3.05) is 19.0 Å². The van der Waals surface area contributed by atoms with Crippen LogP contribution >= 0.6 is 11.3 Å². The van der Waals surface area contributed by atoms with E-state index in [1.165, 1.54) is 18.4 Å². The number of nitrogens with one attached hydrogen (secondary N) is 2. The van der Waals surface area contributed by atoms with Crippen LogP contribution in [0.2, 0.25) is 0 Å². The number of fused-ring (bicyclic) bond motifs is 1. The molecule has 1 aromatic heterocycles. The molecule has 8 nitrogen and oxygen atoms in total. The summed E-state index contributed by atoms with van der Waals surface area (Å²) >= 11 is 1.38. The normalized spacial score (nSPS) is 13.1. The monoisotopic (exact) mass is 402 g/mol. The Morgan fingerprint density at radius 2 is 1.86 bits per heavy atom. The van der Waals surface area contributed by atoms with E-state index in [2.05, 4.69) is 20.4 Å². The highest BCUT2D eigenvalue weighted by atomic mass is 32.1. The number of anilines is 1. The summed E-state index contributed by atoms with van der Waals surface area (Å²) in [7, 11) is 1.32. The molecule has 3 rings (SSSR count). The van der Waals surface area contributed by atoms with Gasteiger partial charge in [-0.2, -0.15) is 0 Å². The van der Waals surface area contributed by atoms with Gasteiger partial charge in [-0.15, -0.1) is 0 Å². The molecule has 2 heterocycles. The second kappa shape index (κ2) is 8.39. The van der Waals surface area contributed by atoms with Crippen molar-refractivity contribution in [1.29, 1.82) is 0 Å². The van der Waals surface area contributed by atoms with E-state index in [1.807, 2.05) is 13.8 Å². The predicted molar refractivity (Wildman–Crippen MR) is 106 cm³/mol. The highest BCUT2D eigenvalue weighted by Gasteiger charge is 2.25. The first-order chi connectivity index (χ1) is 13.4. The topological polar surface area (TPSA) is 101 Å². The molecule has 0 radical (unpaired) electrons. The number of rotatable bonds is 4. The van der Waals surface area contributed by atoms with Crippen molar-refractivity contribution in [1.82, 2.24) is 15.2 Å². The minimum atomic E-state index is -0.437. The maximum absolute atomic E-state index is 12.8. The van der Waals surface area contributed by atoms with Crippen LogP contribution in [-0.4, -0.2) is 47.5 Å². The molecule has 1 aliphatic heterocycles. The molecule has 0 aliphatic carbocycles. The van der Waals surface area contributed by atoms with Crippen LogP contribution in [0.1, 0.15) is 45.1 Å². The van der Waals surface area contributed by atoms with Crippen LogP contribution in [0.3, 0.4) is 0 Å². The number of urea groups is 1. The molecule has 28 heavy (non-hydrogen) atoms. The summed E-state index contributed by atoms with van der Waals surface area (Å²) < 4.78 is 4.67. The van der Waals surface area contributed by atoms with Crippen LogP contribution in [0.5, 0.6) is 0 Å². The molecule has 3 amide bonds. The predicted octanol–water partition coefficient (Wildman–Crippen LogP) is 2.66. The number of nitrogens with zero attached hydrogens (tertiary/aromatic N) is 2. The van der Waals surface area contributed by atoms with Crippen molar-refractivity contribution in [3.8, 4) is 0 Å². The lowest BCUT2D eigenvalue weighted by Gasteiger charge is -2.26. The van der Waals surface area contributed by atoms with Gasteiger partial charge in [-0.05, 0) is 38.1 Å². The molecule has 148 valence electrons. The molecule has 0 spiro atoms. The van der Waals surface area contributed by atoms with Crippen LogP contribution in [0.4, 0.5) is 9.93 Å². The first-order valence-corrected chi connectivity index (χ1v) is 9.72. The Hall–Kier alpha value is -2.94. The van der Waals surface area contributed by atoms with Crippen molar-refractivity contribution in [2.24, 2.45) is 0 Å². The average Bonchev–Trinajstić information content (AvgIpc) is 3.07. The Bertz CT molecular complexity index is 892. The quantitative estimate of drug-likeness (QED) is 0.766. The van der Waals surface area contributed by atoms with Gasteiger partial charge >= 0.3 is 12.0 Å². The maximum atomic E-state index is 12.8. The van der Waals surface area contributed by atoms with E-state index in [1.54, 1.807) is 29.2 Å². The number of amides is 3. The fourth-order valence-electron chi connectivity index (χ4n) is 2.87. The summed E-state index contributed by atoms with van der Waals surface area (Å²) in [4.78, 5) is 43.3. The van der Waals surface area contributed by atoms with Gasteiger partial charge in [0, 0.05) is 29.4 Å². The summed E-state index contributed by atoms with van der Waals surface area (Å²) in [5.41, 5.74) is 1.82. The fourth-order valence-corrected chi connectivity index (χ4v) is 3.89. The van der Waals surface area contributed by atoms with E-state index in [9.17, 15) is 14.4 Å². The van der Waals surface area contributed by atoms with Crippen LogP contribution in [0.15, 0.2) is 24.3 Å². The largest absolute Gasteiger partial charge is 0.465 e. The standard InChI is InChI=1S/C19H22N4O4S/c1-11(2)20-18(26)22-19-21-14-8-9-23(10-15(14)28-19)16(24)12-4-6-13(7-5-12)17(25)27-3/h4-7,11H,8-10H2,1-3H3,(H2,20,21,22,26). The SMILES string of the molecule is COC(=O)c1ccc(C(=O)N2CCc3nc(NC(=O)NC(C)C)sc3C2)cc1. The first-order valence-electron chi connectivity index (χ1n) is 8.91. The molecule has 1 aliphatic rings. The molecule has 0 fully saturated rings. The Balaban J connectivity index is 1.66. The third kappa shape index (κ3) is 4.48. The van der Waals surface area contributed by atoms with Gasteiger partial charge in [0.25, 0.3) is 5.91 Å². The molecule has 0 atom stereocenters. The minimum Gasteiger partial charge on any atom is -0.465 e. The summed E-state index contributed by atoms with van der Waals surface area (Å²) in [6.45, 7) is 4.76. The van der Waals surface area contributed by atoms with Gasteiger partial charge in [-0.25, -0.2) is 14.6 Å². The molecular weight excluding hydrogens is 380 g/mol. The van der Waals surface area contributed by atoms with Crippen molar-refractivity contribution in [2.45, 2.75) is 32.9 Å². The molecule has 9 heteroatoms. The van der Waals surface area contributed by atoms with Crippen molar-refractivity contribution < 1.29 is 19.1 Å². The van der Waals surface area contributed by atoms with Crippen LogP contribution in [0.25, 0.3) is 0 Å². The van der Waals surface area contributed by atoms with Gasteiger partial charge in [0.1, 0.15) is 0 Å². The van der Waals surface area contributed by atoms with Gasteiger partial charge in [0.2, 0.25) is 0 Å². The van der Waals surface area contributed by atoms with E-state index in [0.717, 1.165) is 10.6 Å². The highest BCUT2D eigenvalue weighted by molar-refractivity contribution is 7.15. The summed E-state index contributed by atoms with van der Waals surface area (Å²) in [5.74, 6) is -0.546. The van der Waals surface area contributed by atoms with Gasteiger partial charge < -0.3 is 15.0 Å². The number of hydrogen-bond acceptors (Lipinski definition) is 6. The zero-order valence-electron chi connectivity index (χ0n) is 15.9. The lowest BCUT2D eigenvalue weighted by molar-refractivity contribution is 0.0599. The second-order valence-corrected chi connectivity index (χ2v) is 7.77. The number of carbonyl (C=O) groups is 3. The molecule has 0 unspecified atom stereocenters. The molecule has 0 bridgehead atoms. The van der Waals surface area contributed by atoms with E-state index in [-0.39, 0.29) is 18.0 Å². The lowest BCUT2D eigenvalue weighted by Crippen LogP contribution is -2.35. The van der Waals surface area contributed by atoms with E-state index in [4.69, 9.17) is 0 Å². The van der Waals surface area contributed by atoms with Crippen LogP contribution in [-0.2, 0) is 17.7 Å². The maximum Gasteiger partial charge on any atom is 0.337 e. The van der Waals surface area contributed by atoms with Gasteiger partial charge in [0.15, 0.2) is 5.13 Å². The molecule has 0 saturated heterocycles. The number of hydrogen-bond donors (Lipinski definition) is 2. The van der Waals surface area contributed by atoms with E-state index in [0.29, 0.717) is 35.8 Å². The summed E-state index contributed by atoms with van der Waals surface area (Å²) in [5, 5.41) is 6.02. The molecule has 2 N–H and O–H groups in total. The van der Waals surface area contributed by atoms with E-state index >= 15 is 0 Å². The first kappa shape index (κ1) is 19.8. The van der Waals surface area contributed by atoms with Crippen molar-refractivity contribution >= 4 is 34.4 Å². The van der Waals surface area contributed by atoms with Gasteiger partial charge in [0.05, 0.1) is 24.9 Å². The smallest absolute Gasteiger partial charge is 0.337 e. The molecular formula is C19H22N4O4S. The second-order valence-electron chi connectivity index (χ2n) is 6.69. The number of aromatic nitrogens is 1. The average molecular weight is 402 g/mol. The number of carbonyl (C=O) groups excluding carboxylic acids is 3. The van der Waals surface area contributed by atoms with Gasteiger partial charge in [-0.3, -0.25) is 10.1 Å². The zero-order chi connectivity index (χ0) is 20.3. The lowest BCUT2D eigenvalue weighted by atomic mass is 10.1. The Morgan fingerprint density at radius 1 is 1.18 bits per heavy atom. The number of benzene rings is 1. The van der Waals surface area contributed by atoms with Crippen molar-refractivity contribution in [3.63, 3.8) is 0 Å². The third-order valence-electron chi connectivity index (χ3n) is 4.21. The number of esters is 1. The van der Waals surface area contributed by atoms with Crippen LogP contribution < -0.4 is 10.6 Å². The van der Waals surface area contributed by atoms with Crippen molar-refractivity contribution in [3.05, 3.63) is 46.0 Å². The molecule has 2 aromatic rings. The Labute approximate surface area is 166 Å². The fraction of sp³-hybridized carbons (Fsp3) is 0.368. The minimum absolute atomic E-state index is 0.0354. The van der Waals surface area contributed by atoms with E-state index < -0.39 is 5.97 Å². The highest BCUT2D eigenvalue weighted by Crippen LogP contribution is 2.29.